The predicted octanol–water partition coefficient (Wildman–Crippen LogP) is 3.68. The Hall–Kier alpha value is -3.55. The molecule has 3 amide bonds. The first-order valence-electron chi connectivity index (χ1n) is 11.7. The van der Waals surface area contributed by atoms with Gasteiger partial charge < -0.3 is 25.0 Å². The third-order valence-corrected chi connectivity index (χ3v) is 6.20. The number of benzene rings is 2. The highest BCUT2D eigenvalue weighted by atomic mass is 16.5. The minimum atomic E-state index is -0.800. The van der Waals surface area contributed by atoms with E-state index in [0.717, 1.165) is 25.7 Å². The average molecular weight is 466 g/mol. The number of carbonyl (C=O) groups excluding carboxylic acids is 3. The van der Waals surface area contributed by atoms with Gasteiger partial charge in [0.15, 0.2) is 6.61 Å². The molecule has 0 spiro atoms. The molecule has 1 saturated carbocycles. The van der Waals surface area contributed by atoms with E-state index in [2.05, 4.69) is 10.6 Å². The monoisotopic (exact) mass is 465 g/mol. The van der Waals surface area contributed by atoms with Crippen molar-refractivity contribution in [3.8, 4) is 11.5 Å². The minimum absolute atomic E-state index is 0.0522. The van der Waals surface area contributed by atoms with Crippen LogP contribution in [0.2, 0.25) is 0 Å². The van der Waals surface area contributed by atoms with Gasteiger partial charge in [-0.1, -0.05) is 25.0 Å². The average Bonchev–Trinajstić information content (AvgIpc) is 3.35. The van der Waals surface area contributed by atoms with E-state index in [9.17, 15) is 14.4 Å². The maximum Gasteiger partial charge on any atom is 0.262 e. The van der Waals surface area contributed by atoms with Crippen molar-refractivity contribution < 1.29 is 23.9 Å². The van der Waals surface area contributed by atoms with Crippen LogP contribution in [0.25, 0.3) is 0 Å². The number of hydrogen-bond donors (Lipinski definition) is 2. The Balaban J connectivity index is 1.76. The Kier molecular flexibility index (Phi) is 7.05. The highest BCUT2D eigenvalue weighted by Gasteiger charge is 2.38. The maximum absolute atomic E-state index is 14.0. The molecular formula is C26H31N3O5. The van der Waals surface area contributed by atoms with Gasteiger partial charge in [0.05, 0.1) is 12.8 Å². The second kappa shape index (κ2) is 10.2. The topological polar surface area (TPSA) is 97.0 Å². The molecule has 0 aromatic heterocycles. The Labute approximate surface area is 199 Å². The zero-order valence-corrected chi connectivity index (χ0v) is 19.8. The van der Waals surface area contributed by atoms with Gasteiger partial charge >= 0.3 is 0 Å². The van der Waals surface area contributed by atoms with Crippen LogP contribution in [0.5, 0.6) is 11.5 Å². The zero-order valence-electron chi connectivity index (χ0n) is 19.8. The van der Waals surface area contributed by atoms with Gasteiger partial charge in [0.1, 0.15) is 17.5 Å². The lowest BCUT2D eigenvalue weighted by Gasteiger charge is -2.36. The van der Waals surface area contributed by atoms with Crippen LogP contribution in [-0.2, 0) is 9.59 Å². The summed E-state index contributed by atoms with van der Waals surface area (Å²) in [5.74, 6) is 0.449. The summed E-state index contributed by atoms with van der Waals surface area (Å²) < 4.78 is 10.7. The zero-order chi connectivity index (χ0) is 24.2. The molecule has 4 rings (SSSR count). The van der Waals surface area contributed by atoms with Crippen molar-refractivity contribution in [3.05, 3.63) is 53.6 Å². The molecule has 2 aliphatic rings. The van der Waals surface area contributed by atoms with E-state index in [4.69, 9.17) is 9.47 Å². The molecule has 8 nitrogen and oxygen atoms in total. The Morgan fingerprint density at radius 1 is 1.12 bits per heavy atom. The molecule has 2 aromatic carbocycles. The highest BCUT2D eigenvalue weighted by molar-refractivity contribution is 6.01. The van der Waals surface area contributed by atoms with E-state index in [0.29, 0.717) is 28.3 Å². The predicted molar refractivity (Wildman–Crippen MR) is 128 cm³/mol. The van der Waals surface area contributed by atoms with Crippen LogP contribution in [0, 0.1) is 0 Å². The number of rotatable bonds is 7. The summed E-state index contributed by atoms with van der Waals surface area (Å²) >= 11 is 0. The van der Waals surface area contributed by atoms with Crippen LogP contribution in [0.3, 0.4) is 0 Å². The lowest BCUT2D eigenvalue weighted by Crippen LogP contribution is -2.49. The van der Waals surface area contributed by atoms with Crippen molar-refractivity contribution in [1.29, 1.82) is 0 Å². The number of nitrogens with one attached hydrogen (secondary N) is 2. The van der Waals surface area contributed by atoms with Crippen molar-refractivity contribution in [3.63, 3.8) is 0 Å². The van der Waals surface area contributed by atoms with E-state index in [1.54, 1.807) is 42.3 Å². The summed E-state index contributed by atoms with van der Waals surface area (Å²) in [4.78, 5) is 41.0. The highest BCUT2D eigenvalue weighted by Crippen LogP contribution is 2.35. The number of methoxy groups -OCH3 is 1. The fraction of sp³-hybridized carbons (Fsp3) is 0.423. The molecule has 2 aromatic rings. The molecule has 1 heterocycles. The molecule has 1 fully saturated rings. The molecule has 1 aliphatic heterocycles. The molecule has 0 unspecified atom stereocenters. The third kappa shape index (κ3) is 5.00. The molecule has 34 heavy (non-hydrogen) atoms. The summed E-state index contributed by atoms with van der Waals surface area (Å²) in [6.45, 7) is 3.75. The molecule has 2 N–H and O–H groups in total. The van der Waals surface area contributed by atoms with Crippen LogP contribution >= 0.6 is 0 Å². The van der Waals surface area contributed by atoms with Gasteiger partial charge in [0.2, 0.25) is 5.91 Å². The molecule has 8 heteroatoms. The smallest absolute Gasteiger partial charge is 0.262 e. The summed E-state index contributed by atoms with van der Waals surface area (Å²) in [6.07, 6.45) is 3.67. The van der Waals surface area contributed by atoms with Gasteiger partial charge in [-0.3, -0.25) is 14.4 Å². The van der Waals surface area contributed by atoms with Crippen LogP contribution < -0.4 is 20.1 Å². The first-order chi connectivity index (χ1) is 16.4. The first kappa shape index (κ1) is 23.6. The van der Waals surface area contributed by atoms with Gasteiger partial charge in [0, 0.05) is 17.6 Å². The summed E-state index contributed by atoms with van der Waals surface area (Å²) in [5.41, 5.74) is 1.57. The Bertz CT molecular complexity index is 1060. The number of ether oxygens (including phenoxy) is 2. The van der Waals surface area contributed by atoms with Gasteiger partial charge in [-0.05, 0) is 62.6 Å². The lowest BCUT2D eigenvalue weighted by atomic mass is 9.99. The van der Waals surface area contributed by atoms with Crippen LogP contribution in [-0.4, -0.2) is 48.4 Å². The van der Waals surface area contributed by atoms with E-state index < -0.39 is 6.04 Å². The first-order valence-corrected chi connectivity index (χ1v) is 11.7. The largest absolute Gasteiger partial charge is 0.497 e. The fourth-order valence-corrected chi connectivity index (χ4v) is 4.63. The van der Waals surface area contributed by atoms with Gasteiger partial charge in [-0.25, -0.2) is 0 Å². The molecule has 1 aliphatic carbocycles. The lowest BCUT2D eigenvalue weighted by molar-refractivity contribution is -0.127. The third-order valence-electron chi connectivity index (χ3n) is 6.20. The van der Waals surface area contributed by atoms with Gasteiger partial charge in [-0.15, -0.1) is 0 Å². The number of anilines is 1. The summed E-state index contributed by atoms with van der Waals surface area (Å²) in [6, 6.07) is 11.3. The van der Waals surface area contributed by atoms with Crippen LogP contribution in [0.15, 0.2) is 42.5 Å². The Morgan fingerprint density at radius 3 is 2.47 bits per heavy atom. The number of amides is 3. The van der Waals surface area contributed by atoms with E-state index >= 15 is 0 Å². The second-order valence-corrected chi connectivity index (χ2v) is 9.04. The molecular weight excluding hydrogens is 434 g/mol. The number of nitrogens with zero attached hydrogens (tertiary/aromatic N) is 1. The minimum Gasteiger partial charge on any atom is -0.497 e. The second-order valence-electron chi connectivity index (χ2n) is 9.04. The molecule has 1 atom stereocenters. The van der Waals surface area contributed by atoms with Crippen molar-refractivity contribution in [2.24, 2.45) is 0 Å². The quantitative estimate of drug-likeness (QED) is 0.650. The number of fused-ring (bicyclic) bond motifs is 1. The summed E-state index contributed by atoms with van der Waals surface area (Å²) in [7, 11) is 1.59. The van der Waals surface area contributed by atoms with Gasteiger partial charge in [0.25, 0.3) is 11.8 Å². The van der Waals surface area contributed by atoms with E-state index in [1.165, 1.54) is 0 Å². The van der Waals surface area contributed by atoms with Gasteiger partial charge in [-0.2, -0.15) is 0 Å². The van der Waals surface area contributed by atoms with Crippen molar-refractivity contribution in [1.82, 2.24) is 10.2 Å². The van der Waals surface area contributed by atoms with E-state index in [1.807, 2.05) is 26.0 Å². The molecule has 0 radical (unpaired) electrons. The SMILES string of the molecule is COc1ccc([C@@H](C(=O)NC(C)C)N(C(=O)c2ccc3c(c2)NC(=O)CO3)C2CCCC2)cc1. The number of hydrogen-bond acceptors (Lipinski definition) is 5. The Morgan fingerprint density at radius 2 is 1.82 bits per heavy atom. The van der Waals surface area contributed by atoms with Crippen molar-refractivity contribution in [2.75, 3.05) is 19.0 Å². The van der Waals surface area contributed by atoms with Crippen molar-refractivity contribution >= 4 is 23.4 Å². The fourth-order valence-electron chi connectivity index (χ4n) is 4.63. The van der Waals surface area contributed by atoms with E-state index in [-0.39, 0.29) is 36.4 Å². The van der Waals surface area contributed by atoms with Crippen LogP contribution in [0.1, 0.15) is 61.5 Å². The molecule has 0 bridgehead atoms. The summed E-state index contributed by atoms with van der Waals surface area (Å²) in [5, 5.41) is 5.75. The molecule has 180 valence electrons. The van der Waals surface area contributed by atoms with Crippen molar-refractivity contribution in [2.45, 2.75) is 57.7 Å². The number of carbonyl (C=O) groups is 3. The standard InChI is InChI=1S/C26H31N3O5/c1-16(2)27-25(31)24(17-8-11-20(33-3)12-9-17)29(19-6-4-5-7-19)26(32)18-10-13-22-21(14-18)28-23(30)15-34-22/h8-14,16,19,24H,4-7,15H2,1-3H3,(H,27,31)(H,28,30)/t24-/m0/s1. The normalized spacial score (nSPS) is 16.3. The van der Waals surface area contributed by atoms with Crippen LogP contribution in [0.4, 0.5) is 5.69 Å². The maximum atomic E-state index is 14.0. The molecule has 0 saturated heterocycles.